The van der Waals surface area contributed by atoms with E-state index in [1.807, 2.05) is 6.08 Å². The van der Waals surface area contributed by atoms with Crippen molar-refractivity contribution >= 4 is 5.71 Å². The monoisotopic (exact) mass is 139 g/mol. The Bertz CT molecular complexity index is 182. The molecule has 10 heavy (non-hydrogen) atoms. The summed E-state index contributed by atoms with van der Waals surface area (Å²) in [6.45, 7) is 0.104. The van der Waals surface area contributed by atoms with Gasteiger partial charge >= 0.3 is 0 Å². The number of allylic oxidation sites excluding steroid dienone is 3. The summed E-state index contributed by atoms with van der Waals surface area (Å²) in [4.78, 5) is 4.69. The molecule has 1 aliphatic rings. The van der Waals surface area contributed by atoms with Gasteiger partial charge in [0, 0.05) is 13.0 Å². The first-order valence-electron chi connectivity index (χ1n) is 3.10. The van der Waals surface area contributed by atoms with Crippen molar-refractivity contribution in [2.75, 3.05) is 6.61 Å². The molecule has 0 aromatic carbocycles. The van der Waals surface area contributed by atoms with Crippen molar-refractivity contribution < 1.29 is 9.94 Å². The smallest absolute Gasteiger partial charge is 0.122 e. The number of oxime groups is 1. The van der Waals surface area contributed by atoms with Crippen molar-refractivity contribution in [2.24, 2.45) is 5.16 Å². The first kappa shape index (κ1) is 7.02. The van der Waals surface area contributed by atoms with E-state index in [4.69, 9.17) is 9.94 Å². The summed E-state index contributed by atoms with van der Waals surface area (Å²) in [6.07, 6.45) is 7.40. The van der Waals surface area contributed by atoms with Crippen LogP contribution >= 0.6 is 0 Å². The summed E-state index contributed by atoms with van der Waals surface area (Å²) in [5, 5.41) is 12.2. The summed E-state index contributed by atoms with van der Waals surface area (Å²) < 4.78 is 0. The Morgan fingerprint density at radius 1 is 1.50 bits per heavy atom. The van der Waals surface area contributed by atoms with Crippen molar-refractivity contribution in [3.63, 3.8) is 0 Å². The number of nitrogens with zero attached hydrogens (tertiary/aromatic N) is 1. The molecule has 0 aromatic rings. The molecule has 0 fully saturated rings. The van der Waals surface area contributed by atoms with Gasteiger partial charge in [-0.2, -0.15) is 0 Å². The van der Waals surface area contributed by atoms with Gasteiger partial charge in [0.2, 0.25) is 0 Å². The minimum atomic E-state index is 0.104. The van der Waals surface area contributed by atoms with Crippen LogP contribution in [0, 0.1) is 0 Å². The largest absolute Gasteiger partial charge is 0.396 e. The topological polar surface area (TPSA) is 41.8 Å². The molecule has 54 valence electrons. The lowest BCUT2D eigenvalue weighted by Gasteiger charge is -1.93. The summed E-state index contributed by atoms with van der Waals surface area (Å²) in [5.74, 6) is 0. The van der Waals surface area contributed by atoms with Gasteiger partial charge in [-0.05, 0) is 12.2 Å². The zero-order chi connectivity index (χ0) is 7.23. The van der Waals surface area contributed by atoms with Gasteiger partial charge in [-0.25, -0.2) is 0 Å². The Balaban J connectivity index is 2.51. The minimum Gasteiger partial charge on any atom is -0.396 e. The Morgan fingerprint density at radius 3 is 3.20 bits per heavy atom. The predicted octanol–water partition coefficient (Wildman–Crippen LogP) is 0.825. The third kappa shape index (κ3) is 2.03. The number of aliphatic hydroxyl groups excluding tert-OH is 1. The van der Waals surface area contributed by atoms with Crippen LogP contribution in [0.15, 0.2) is 29.6 Å². The molecule has 0 aliphatic carbocycles. The molecule has 0 unspecified atom stereocenters. The van der Waals surface area contributed by atoms with E-state index in [2.05, 4.69) is 5.16 Å². The highest BCUT2D eigenvalue weighted by molar-refractivity contribution is 5.94. The molecular formula is C7H9NO2. The molecule has 3 heteroatoms. The van der Waals surface area contributed by atoms with E-state index in [1.54, 1.807) is 12.2 Å². The molecule has 0 spiro atoms. The highest BCUT2D eigenvalue weighted by atomic mass is 16.6. The van der Waals surface area contributed by atoms with Gasteiger partial charge in [-0.15, -0.1) is 0 Å². The molecule has 1 N–H and O–H groups in total. The van der Waals surface area contributed by atoms with Crippen molar-refractivity contribution in [1.29, 1.82) is 0 Å². The first-order chi connectivity index (χ1) is 4.93. The summed E-state index contributed by atoms with van der Waals surface area (Å²) in [7, 11) is 0. The molecule has 3 nitrogen and oxygen atoms in total. The van der Waals surface area contributed by atoms with Crippen molar-refractivity contribution in [2.45, 2.75) is 6.42 Å². The third-order valence-electron chi connectivity index (χ3n) is 1.08. The molecule has 1 aliphatic heterocycles. The lowest BCUT2D eigenvalue weighted by Crippen LogP contribution is -1.96. The minimum absolute atomic E-state index is 0.104. The standard InChI is InChI=1S/C7H9NO2/c9-5-4-7-3-1-2-6-10-8-7/h1-3,6,9H,4-5H2. The van der Waals surface area contributed by atoms with E-state index >= 15 is 0 Å². The maximum atomic E-state index is 8.52. The molecule has 0 bridgehead atoms. The highest BCUT2D eigenvalue weighted by Gasteiger charge is 1.94. The summed E-state index contributed by atoms with van der Waals surface area (Å²) in [6, 6.07) is 0. The van der Waals surface area contributed by atoms with Crippen LogP contribution in [-0.4, -0.2) is 17.4 Å². The molecular weight excluding hydrogens is 130 g/mol. The number of hydrogen-bond donors (Lipinski definition) is 1. The van der Waals surface area contributed by atoms with E-state index in [1.165, 1.54) is 6.26 Å². The molecule has 0 amide bonds. The van der Waals surface area contributed by atoms with E-state index in [9.17, 15) is 0 Å². The van der Waals surface area contributed by atoms with E-state index in [0.717, 1.165) is 5.71 Å². The SMILES string of the molecule is OCCC1=NOC=CC=C1. The van der Waals surface area contributed by atoms with Gasteiger partial charge in [0.1, 0.15) is 6.26 Å². The first-order valence-corrected chi connectivity index (χ1v) is 3.10. The number of aliphatic hydroxyl groups is 1. The molecule has 0 aromatic heterocycles. The van der Waals surface area contributed by atoms with Crippen LogP contribution in [0.2, 0.25) is 0 Å². The second-order valence-corrected chi connectivity index (χ2v) is 1.85. The van der Waals surface area contributed by atoms with Crippen LogP contribution in [0.4, 0.5) is 0 Å². The Labute approximate surface area is 59.3 Å². The molecule has 0 radical (unpaired) electrons. The van der Waals surface area contributed by atoms with E-state index in [-0.39, 0.29) is 6.61 Å². The molecule has 1 heterocycles. The maximum absolute atomic E-state index is 8.52. The summed E-state index contributed by atoms with van der Waals surface area (Å²) >= 11 is 0. The van der Waals surface area contributed by atoms with Crippen LogP contribution in [-0.2, 0) is 4.84 Å². The van der Waals surface area contributed by atoms with Gasteiger partial charge in [-0.1, -0.05) is 11.2 Å². The second-order valence-electron chi connectivity index (χ2n) is 1.85. The average molecular weight is 139 g/mol. The van der Waals surface area contributed by atoms with Gasteiger partial charge in [0.25, 0.3) is 0 Å². The van der Waals surface area contributed by atoms with Crippen LogP contribution in [0.5, 0.6) is 0 Å². The van der Waals surface area contributed by atoms with Gasteiger partial charge < -0.3 is 9.94 Å². The molecule has 1 rings (SSSR count). The van der Waals surface area contributed by atoms with Gasteiger partial charge in [0.05, 0.1) is 5.71 Å². The fourth-order valence-corrected chi connectivity index (χ4v) is 0.619. The molecule has 0 atom stereocenters. The van der Waals surface area contributed by atoms with Gasteiger partial charge in [-0.3, -0.25) is 0 Å². The lowest BCUT2D eigenvalue weighted by atomic mass is 10.2. The zero-order valence-corrected chi connectivity index (χ0v) is 5.53. The lowest BCUT2D eigenvalue weighted by molar-refractivity contribution is 0.264. The molecule has 0 saturated heterocycles. The Hall–Kier alpha value is -1.09. The van der Waals surface area contributed by atoms with Crippen LogP contribution in [0.1, 0.15) is 6.42 Å². The fraction of sp³-hybridized carbons (Fsp3) is 0.286. The van der Waals surface area contributed by atoms with Gasteiger partial charge in [0.15, 0.2) is 0 Å². The highest BCUT2D eigenvalue weighted by Crippen LogP contribution is 1.95. The normalized spacial score (nSPS) is 15.9. The second kappa shape index (κ2) is 3.85. The number of rotatable bonds is 2. The zero-order valence-electron chi connectivity index (χ0n) is 5.53. The van der Waals surface area contributed by atoms with Crippen molar-refractivity contribution in [3.8, 4) is 0 Å². The Kier molecular flexibility index (Phi) is 2.70. The maximum Gasteiger partial charge on any atom is 0.122 e. The molecule has 0 saturated carbocycles. The van der Waals surface area contributed by atoms with Crippen LogP contribution in [0.25, 0.3) is 0 Å². The van der Waals surface area contributed by atoms with Crippen LogP contribution in [0.3, 0.4) is 0 Å². The third-order valence-corrected chi connectivity index (χ3v) is 1.08. The summed E-state index contributed by atoms with van der Waals surface area (Å²) in [5.41, 5.74) is 0.757. The quantitative estimate of drug-likeness (QED) is 0.615. The van der Waals surface area contributed by atoms with Crippen LogP contribution < -0.4 is 0 Å². The number of hydrogen-bond acceptors (Lipinski definition) is 3. The van der Waals surface area contributed by atoms with Crippen molar-refractivity contribution in [1.82, 2.24) is 0 Å². The van der Waals surface area contributed by atoms with E-state index in [0.29, 0.717) is 6.42 Å². The predicted molar refractivity (Wildman–Crippen MR) is 38.5 cm³/mol. The van der Waals surface area contributed by atoms with E-state index < -0.39 is 0 Å². The Morgan fingerprint density at radius 2 is 2.40 bits per heavy atom. The van der Waals surface area contributed by atoms with Crippen molar-refractivity contribution in [3.05, 3.63) is 24.5 Å². The fourth-order valence-electron chi connectivity index (χ4n) is 0.619. The average Bonchev–Trinajstić information content (AvgIpc) is 2.17.